The summed E-state index contributed by atoms with van der Waals surface area (Å²) in [6.45, 7) is 3.48. The van der Waals surface area contributed by atoms with E-state index in [1.165, 1.54) is 41.8 Å². The summed E-state index contributed by atoms with van der Waals surface area (Å²) >= 11 is 0. The van der Waals surface area contributed by atoms with Crippen molar-refractivity contribution < 1.29 is 22.7 Å². The minimum atomic E-state index is -4.11. The molecule has 1 aliphatic carbocycles. The van der Waals surface area contributed by atoms with Gasteiger partial charge in [0.2, 0.25) is 0 Å². The maximum atomic E-state index is 12.7. The van der Waals surface area contributed by atoms with Crippen LogP contribution < -0.4 is 14.2 Å². The quantitative estimate of drug-likeness (QED) is 0.523. The van der Waals surface area contributed by atoms with Crippen LogP contribution in [0.3, 0.4) is 0 Å². The molecule has 34 heavy (non-hydrogen) atoms. The maximum absolute atomic E-state index is 12.7. The number of carbonyl (C=O) groups excluding carboxylic acids is 1. The van der Waals surface area contributed by atoms with Crippen LogP contribution in [0.1, 0.15) is 40.9 Å². The van der Waals surface area contributed by atoms with Crippen LogP contribution in [0.25, 0.3) is 0 Å². The summed E-state index contributed by atoms with van der Waals surface area (Å²) in [7, 11) is -2.73. The van der Waals surface area contributed by atoms with Crippen molar-refractivity contribution in [1.29, 1.82) is 0 Å². The fraction of sp³-hybridized carbons (Fsp3) is 0.375. The lowest BCUT2D eigenvalue weighted by molar-refractivity contribution is -0.120. The van der Waals surface area contributed by atoms with Gasteiger partial charge in [-0.3, -0.25) is 4.79 Å². The van der Waals surface area contributed by atoms with Crippen LogP contribution >= 0.6 is 0 Å². The van der Waals surface area contributed by atoms with Crippen LogP contribution in [0.2, 0.25) is 0 Å². The van der Waals surface area contributed by atoms with Gasteiger partial charge in [0.1, 0.15) is 35.2 Å². The van der Waals surface area contributed by atoms with Gasteiger partial charge in [-0.05, 0) is 80.5 Å². The first-order chi connectivity index (χ1) is 16.3. The molecule has 4 rings (SSSR count). The van der Waals surface area contributed by atoms with E-state index in [1.807, 2.05) is 13.0 Å². The standard InChI is InChI=1S/C24H28N4O5S/c1-16-8-11-23(22(12-16)32-3)34(30,31)26-24(29)14-28-17(2)21(25-27-28)15-33-20-10-9-18-6-4-5-7-19(18)13-20/h8-13H,4-7,14-15H2,1-3H3,(H,26,29). The molecule has 0 spiro atoms. The van der Waals surface area contributed by atoms with Crippen LogP contribution in [0.4, 0.5) is 0 Å². The van der Waals surface area contributed by atoms with E-state index in [1.54, 1.807) is 19.1 Å². The first-order valence-corrected chi connectivity index (χ1v) is 12.6. The van der Waals surface area contributed by atoms with Crippen LogP contribution in [-0.2, 0) is 40.8 Å². The Morgan fingerprint density at radius 3 is 2.62 bits per heavy atom. The highest BCUT2D eigenvalue weighted by atomic mass is 32.2. The van der Waals surface area contributed by atoms with Crippen molar-refractivity contribution in [2.45, 2.75) is 57.6 Å². The molecule has 180 valence electrons. The molecular formula is C24H28N4O5S. The molecule has 2 aromatic carbocycles. The summed E-state index contributed by atoms with van der Waals surface area (Å²) in [6, 6.07) is 10.8. The molecule has 3 aromatic rings. The number of rotatable bonds is 8. The zero-order valence-corrected chi connectivity index (χ0v) is 20.3. The summed E-state index contributed by atoms with van der Waals surface area (Å²) in [4.78, 5) is 12.4. The Hall–Kier alpha value is -3.40. The third kappa shape index (κ3) is 5.22. The predicted octanol–water partition coefficient (Wildman–Crippen LogP) is 2.87. The maximum Gasteiger partial charge on any atom is 0.267 e. The van der Waals surface area contributed by atoms with E-state index in [0.29, 0.717) is 11.4 Å². The van der Waals surface area contributed by atoms with Crippen molar-refractivity contribution in [3.63, 3.8) is 0 Å². The summed E-state index contributed by atoms with van der Waals surface area (Å²) in [6.07, 6.45) is 4.59. The molecule has 0 radical (unpaired) electrons. The van der Waals surface area contributed by atoms with Crippen LogP contribution in [0.15, 0.2) is 41.3 Å². The molecule has 0 saturated carbocycles. The lowest BCUT2D eigenvalue weighted by Gasteiger charge is -2.16. The topological polar surface area (TPSA) is 112 Å². The second-order valence-electron chi connectivity index (χ2n) is 8.39. The van der Waals surface area contributed by atoms with Gasteiger partial charge in [-0.2, -0.15) is 0 Å². The first kappa shape index (κ1) is 23.7. The van der Waals surface area contributed by atoms with E-state index in [2.05, 4.69) is 27.2 Å². The fourth-order valence-corrected chi connectivity index (χ4v) is 5.13. The third-order valence-corrected chi connectivity index (χ3v) is 7.34. The highest BCUT2D eigenvalue weighted by molar-refractivity contribution is 7.90. The molecule has 0 aliphatic heterocycles. The van der Waals surface area contributed by atoms with Gasteiger partial charge in [-0.15, -0.1) is 5.10 Å². The number of fused-ring (bicyclic) bond motifs is 1. The van der Waals surface area contributed by atoms with Gasteiger partial charge in [-0.25, -0.2) is 17.8 Å². The molecule has 0 saturated heterocycles. The van der Waals surface area contributed by atoms with Gasteiger partial charge >= 0.3 is 0 Å². The number of methoxy groups -OCH3 is 1. The number of amides is 1. The van der Waals surface area contributed by atoms with E-state index in [9.17, 15) is 13.2 Å². The van der Waals surface area contributed by atoms with E-state index < -0.39 is 15.9 Å². The highest BCUT2D eigenvalue weighted by Crippen LogP contribution is 2.26. The van der Waals surface area contributed by atoms with E-state index in [0.717, 1.165) is 24.2 Å². The Morgan fingerprint density at radius 1 is 1.09 bits per heavy atom. The molecular weight excluding hydrogens is 456 g/mol. The minimum absolute atomic E-state index is 0.108. The molecule has 10 heteroatoms. The lowest BCUT2D eigenvalue weighted by atomic mass is 9.92. The molecule has 0 bridgehead atoms. The van der Waals surface area contributed by atoms with E-state index in [-0.39, 0.29) is 23.8 Å². The van der Waals surface area contributed by atoms with Crippen molar-refractivity contribution in [3.05, 3.63) is 64.5 Å². The SMILES string of the molecule is COc1cc(C)ccc1S(=O)(=O)NC(=O)Cn1nnc(COc2ccc3c(c2)CCCC3)c1C. The Labute approximate surface area is 199 Å². The van der Waals surface area contributed by atoms with Crippen molar-refractivity contribution in [2.24, 2.45) is 0 Å². The van der Waals surface area contributed by atoms with Gasteiger partial charge in [0.15, 0.2) is 0 Å². The minimum Gasteiger partial charge on any atom is -0.495 e. The van der Waals surface area contributed by atoms with Gasteiger partial charge in [0, 0.05) is 0 Å². The van der Waals surface area contributed by atoms with Crippen molar-refractivity contribution in [2.75, 3.05) is 7.11 Å². The fourth-order valence-electron chi connectivity index (χ4n) is 4.00. The van der Waals surface area contributed by atoms with Gasteiger partial charge < -0.3 is 9.47 Å². The molecule has 0 unspecified atom stereocenters. The molecule has 1 amide bonds. The monoisotopic (exact) mass is 484 g/mol. The van der Waals surface area contributed by atoms with Crippen molar-refractivity contribution in [3.8, 4) is 11.5 Å². The van der Waals surface area contributed by atoms with Gasteiger partial charge in [0.25, 0.3) is 15.9 Å². The average Bonchev–Trinajstić information content (AvgIpc) is 3.15. The Balaban J connectivity index is 1.39. The molecule has 0 fully saturated rings. The number of aromatic nitrogens is 3. The average molecular weight is 485 g/mol. The van der Waals surface area contributed by atoms with Crippen LogP contribution in [-0.4, -0.2) is 36.4 Å². The Kier molecular flexibility index (Phi) is 6.87. The number of carbonyl (C=O) groups is 1. The molecule has 9 nitrogen and oxygen atoms in total. The van der Waals surface area contributed by atoms with E-state index >= 15 is 0 Å². The molecule has 1 N–H and O–H groups in total. The summed E-state index contributed by atoms with van der Waals surface area (Å²) < 4.78 is 39.9. The molecule has 0 atom stereocenters. The Bertz CT molecular complexity index is 1320. The van der Waals surface area contributed by atoms with Crippen molar-refractivity contribution >= 4 is 15.9 Å². The number of aryl methyl sites for hydroxylation is 3. The van der Waals surface area contributed by atoms with Crippen LogP contribution in [0, 0.1) is 13.8 Å². The van der Waals surface area contributed by atoms with E-state index in [4.69, 9.17) is 9.47 Å². The number of nitrogens with zero attached hydrogens (tertiary/aromatic N) is 3. The lowest BCUT2D eigenvalue weighted by Crippen LogP contribution is -2.34. The number of sulfonamides is 1. The number of ether oxygens (including phenoxy) is 2. The number of benzene rings is 2. The summed E-state index contributed by atoms with van der Waals surface area (Å²) in [5.41, 5.74) is 4.75. The zero-order valence-electron chi connectivity index (χ0n) is 19.5. The second kappa shape index (κ2) is 9.84. The highest BCUT2D eigenvalue weighted by Gasteiger charge is 2.23. The molecule has 1 aromatic heterocycles. The summed E-state index contributed by atoms with van der Waals surface area (Å²) in [5.74, 6) is 0.196. The summed E-state index contributed by atoms with van der Waals surface area (Å²) in [5, 5.41) is 8.09. The Morgan fingerprint density at radius 2 is 1.85 bits per heavy atom. The number of nitrogens with one attached hydrogen (secondary N) is 1. The first-order valence-electron chi connectivity index (χ1n) is 11.1. The predicted molar refractivity (Wildman–Crippen MR) is 125 cm³/mol. The number of hydrogen-bond acceptors (Lipinski definition) is 7. The number of hydrogen-bond donors (Lipinski definition) is 1. The second-order valence-corrected chi connectivity index (χ2v) is 10.0. The molecule has 1 heterocycles. The zero-order chi connectivity index (χ0) is 24.3. The van der Waals surface area contributed by atoms with Gasteiger partial charge in [-0.1, -0.05) is 17.3 Å². The van der Waals surface area contributed by atoms with Crippen LogP contribution in [0.5, 0.6) is 11.5 Å². The molecule has 1 aliphatic rings. The van der Waals surface area contributed by atoms with Gasteiger partial charge in [0.05, 0.1) is 12.8 Å². The smallest absolute Gasteiger partial charge is 0.267 e. The largest absolute Gasteiger partial charge is 0.495 e. The van der Waals surface area contributed by atoms with Crippen molar-refractivity contribution in [1.82, 2.24) is 19.7 Å². The normalized spacial score (nSPS) is 13.3. The third-order valence-electron chi connectivity index (χ3n) is 5.92.